The molecule has 1 aliphatic rings. The second kappa shape index (κ2) is 6.59. The highest BCUT2D eigenvalue weighted by Gasteiger charge is 2.24. The molecule has 0 amide bonds. The molecule has 0 saturated heterocycles. The van der Waals surface area contributed by atoms with Crippen molar-refractivity contribution in [3.63, 3.8) is 0 Å². The van der Waals surface area contributed by atoms with Crippen molar-refractivity contribution >= 4 is 11.8 Å². The zero-order valence-corrected chi connectivity index (χ0v) is 9.46. The average Bonchev–Trinajstić information content (AvgIpc) is 2.61. The molecular formula is C12H20O3. The number of esters is 1. The fraction of sp³-hybridized carbons (Fsp3) is 0.833. The SMILES string of the molecule is CCCCOC(=O)CCC1CCCC1=O. The van der Waals surface area contributed by atoms with Gasteiger partial charge in [-0.2, -0.15) is 0 Å². The Morgan fingerprint density at radius 1 is 1.53 bits per heavy atom. The molecule has 1 saturated carbocycles. The number of carbonyl (C=O) groups is 2. The smallest absolute Gasteiger partial charge is 0.305 e. The van der Waals surface area contributed by atoms with Crippen LogP contribution in [0.5, 0.6) is 0 Å². The monoisotopic (exact) mass is 212 g/mol. The number of Topliss-reactive ketones (excluding diaryl/α,β-unsaturated/α-hetero) is 1. The lowest BCUT2D eigenvalue weighted by Crippen LogP contribution is -2.11. The largest absolute Gasteiger partial charge is 0.466 e. The topological polar surface area (TPSA) is 43.4 Å². The fourth-order valence-electron chi connectivity index (χ4n) is 1.89. The van der Waals surface area contributed by atoms with Crippen molar-refractivity contribution in [3.05, 3.63) is 0 Å². The lowest BCUT2D eigenvalue weighted by Gasteiger charge is -2.07. The highest BCUT2D eigenvalue weighted by atomic mass is 16.5. The van der Waals surface area contributed by atoms with E-state index in [0.717, 1.165) is 25.7 Å². The van der Waals surface area contributed by atoms with Gasteiger partial charge in [-0.15, -0.1) is 0 Å². The standard InChI is InChI=1S/C12H20O3/c1-2-3-9-15-12(14)8-7-10-5-4-6-11(10)13/h10H,2-9H2,1H3. The highest BCUT2D eigenvalue weighted by Crippen LogP contribution is 2.25. The first-order valence-corrected chi connectivity index (χ1v) is 5.92. The third-order valence-corrected chi connectivity index (χ3v) is 2.89. The van der Waals surface area contributed by atoms with E-state index >= 15 is 0 Å². The summed E-state index contributed by atoms with van der Waals surface area (Å²) in [5, 5.41) is 0. The van der Waals surface area contributed by atoms with Gasteiger partial charge in [0.05, 0.1) is 6.61 Å². The molecule has 1 aliphatic carbocycles. The Morgan fingerprint density at radius 2 is 2.33 bits per heavy atom. The van der Waals surface area contributed by atoms with Crippen LogP contribution in [-0.2, 0) is 14.3 Å². The quantitative estimate of drug-likeness (QED) is 0.502. The Bertz CT molecular complexity index is 223. The van der Waals surface area contributed by atoms with Crippen molar-refractivity contribution in [3.8, 4) is 0 Å². The fourth-order valence-corrected chi connectivity index (χ4v) is 1.89. The average molecular weight is 212 g/mol. The van der Waals surface area contributed by atoms with E-state index in [1.807, 2.05) is 0 Å². The molecule has 0 radical (unpaired) electrons. The van der Waals surface area contributed by atoms with Gasteiger partial charge in [0.2, 0.25) is 0 Å². The molecule has 3 nitrogen and oxygen atoms in total. The molecule has 0 aromatic rings. The van der Waals surface area contributed by atoms with Gasteiger partial charge in [0.15, 0.2) is 0 Å². The van der Waals surface area contributed by atoms with Crippen LogP contribution in [0.15, 0.2) is 0 Å². The van der Waals surface area contributed by atoms with Crippen LogP contribution in [0.2, 0.25) is 0 Å². The van der Waals surface area contributed by atoms with Crippen molar-refractivity contribution in [2.75, 3.05) is 6.61 Å². The van der Waals surface area contributed by atoms with Crippen molar-refractivity contribution in [2.24, 2.45) is 5.92 Å². The highest BCUT2D eigenvalue weighted by molar-refractivity contribution is 5.83. The summed E-state index contributed by atoms with van der Waals surface area (Å²) in [6.45, 7) is 2.58. The van der Waals surface area contributed by atoms with Crippen LogP contribution in [-0.4, -0.2) is 18.4 Å². The molecule has 0 N–H and O–H groups in total. The normalized spacial score (nSPS) is 20.6. The Labute approximate surface area is 91.2 Å². The Balaban J connectivity index is 2.08. The van der Waals surface area contributed by atoms with E-state index in [4.69, 9.17) is 4.74 Å². The number of carbonyl (C=O) groups excluding carboxylic acids is 2. The van der Waals surface area contributed by atoms with Crippen LogP contribution in [0.25, 0.3) is 0 Å². The lowest BCUT2D eigenvalue weighted by molar-refractivity contribution is -0.144. The van der Waals surface area contributed by atoms with Gasteiger partial charge < -0.3 is 4.74 Å². The first kappa shape index (κ1) is 12.2. The maximum atomic E-state index is 11.3. The molecule has 0 aromatic carbocycles. The minimum Gasteiger partial charge on any atom is -0.466 e. The molecule has 1 rings (SSSR count). The van der Waals surface area contributed by atoms with Gasteiger partial charge in [0.1, 0.15) is 5.78 Å². The van der Waals surface area contributed by atoms with Crippen molar-refractivity contribution in [1.82, 2.24) is 0 Å². The first-order chi connectivity index (χ1) is 7.24. The summed E-state index contributed by atoms with van der Waals surface area (Å²) in [5.74, 6) is 0.309. The third-order valence-electron chi connectivity index (χ3n) is 2.89. The summed E-state index contributed by atoms with van der Waals surface area (Å²) in [4.78, 5) is 22.5. The molecule has 0 spiro atoms. The van der Waals surface area contributed by atoms with Gasteiger partial charge in [-0.1, -0.05) is 13.3 Å². The van der Waals surface area contributed by atoms with Crippen LogP contribution in [0, 0.1) is 5.92 Å². The Hall–Kier alpha value is -0.860. The van der Waals surface area contributed by atoms with Crippen LogP contribution >= 0.6 is 0 Å². The summed E-state index contributed by atoms with van der Waals surface area (Å²) in [6.07, 6.45) is 5.71. The molecule has 1 fully saturated rings. The van der Waals surface area contributed by atoms with E-state index in [1.54, 1.807) is 0 Å². The van der Waals surface area contributed by atoms with Crippen LogP contribution in [0.3, 0.4) is 0 Å². The van der Waals surface area contributed by atoms with Crippen LogP contribution in [0.4, 0.5) is 0 Å². The predicted molar refractivity (Wildman–Crippen MR) is 57.4 cm³/mol. The maximum Gasteiger partial charge on any atom is 0.305 e. The summed E-state index contributed by atoms with van der Waals surface area (Å²) < 4.78 is 5.03. The van der Waals surface area contributed by atoms with Gasteiger partial charge in [0, 0.05) is 18.8 Å². The second-order valence-corrected chi connectivity index (χ2v) is 4.17. The molecule has 0 bridgehead atoms. The van der Waals surface area contributed by atoms with Crippen LogP contribution in [0.1, 0.15) is 51.9 Å². The van der Waals surface area contributed by atoms with Crippen LogP contribution < -0.4 is 0 Å². The number of unbranched alkanes of at least 4 members (excludes halogenated alkanes) is 1. The summed E-state index contributed by atoms with van der Waals surface area (Å²) in [6, 6.07) is 0. The van der Waals surface area contributed by atoms with Gasteiger partial charge in [-0.3, -0.25) is 9.59 Å². The molecular weight excluding hydrogens is 192 g/mol. The minimum atomic E-state index is -0.150. The summed E-state index contributed by atoms with van der Waals surface area (Å²) >= 11 is 0. The van der Waals surface area contributed by atoms with Gasteiger partial charge in [-0.25, -0.2) is 0 Å². The number of ketones is 1. The van der Waals surface area contributed by atoms with E-state index in [2.05, 4.69) is 6.92 Å². The molecule has 0 aliphatic heterocycles. The molecule has 1 atom stereocenters. The van der Waals surface area contributed by atoms with Gasteiger partial charge in [0.25, 0.3) is 0 Å². The van der Waals surface area contributed by atoms with E-state index in [0.29, 0.717) is 31.7 Å². The van der Waals surface area contributed by atoms with E-state index in [1.165, 1.54) is 0 Å². The van der Waals surface area contributed by atoms with Crippen molar-refractivity contribution in [1.29, 1.82) is 0 Å². The molecule has 0 heterocycles. The van der Waals surface area contributed by atoms with Gasteiger partial charge >= 0.3 is 5.97 Å². The van der Waals surface area contributed by atoms with Gasteiger partial charge in [-0.05, 0) is 25.7 Å². The number of rotatable bonds is 6. The lowest BCUT2D eigenvalue weighted by atomic mass is 10.0. The molecule has 1 unspecified atom stereocenters. The number of hydrogen-bond acceptors (Lipinski definition) is 3. The maximum absolute atomic E-state index is 11.3. The molecule has 86 valence electrons. The minimum absolute atomic E-state index is 0.128. The van der Waals surface area contributed by atoms with E-state index in [-0.39, 0.29) is 11.9 Å². The molecule has 0 aromatic heterocycles. The Kier molecular flexibility index (Phi) is 5.37. The zero-order chi connectivity index (χ0) is 11.1. The summed E-state index contributed by atoms with van der Waals surface area (Å²) in [7, 11) is 0. The second-order valence-electron chi connectivity index (χ2n) is 4.17. The van der Waals surface area contributed by atoms with Crippen molar-refractivity contribution in [2.45, 2.75) is 51.9 Å². The molecule has 3 heteroatoms. The Morgan fingerprint density at radius 3 is 2.93 bits per heavy atom. The van der Waals surface area contributed by atoms with E-state index in [9.17, 15) is 9.59 Å². The third kappa shape index (κ3) is 4.45. The zero-order valence-electron chi connectivity index (χ0n) is 9.46. The number of ether oxygens (including phenoxy) is 1. The van der Waals surface area contributed by atoms with E-state index < -0.39 is 0 Å². The summed E-state index contributed by atoms with van der Waals surface area (Å²) in [5.41, 5.74) is 0. The van der Waals surface area contributed by atoms with Crippen molar-refractivity contribution < 1.29 is 14.3 Å². The molecule has 15 heavy (non-hydrogen) atoms. The predicted octanol–water partition coefficient (Wildman–Crippen LogP) is 2.48. The first-order valence-electron chi connectivity index (χ1n) is 5.92. The number of hydrogen-bond donors (Lipinski definition) is 0.